The SMILES string of the molecule is CCCn1nc(C(=O)Nc2cccc(C(=O)NC3CC3)c2)ccc1=O. The second-order valence-electron chi connectivity index (χ2n) is 6.06. The van der Waals surface area contributed by atoms with Gasteiger partial charge >= 0.3 is 0 Å². The van der Waals surface area contributed by atoms with Crippen LogP contribution in [0.3, 0.4) is 0 Å². The first kappa shape index (κ1) is 16.9. The summed E-state index contributed by atoms with van der Waals surface area (Å²) in [5, 5.41) is 9.70. The molecule has 7 nitrogen and oxygen atoms in total. The molecule has 1 heterocycles. The number of benzene rings is 1. The third kappa shape index (κ3) is 4.32. The van der Waals surface area contributed by atoms with Crippen molar-refractivity contribution in [2.45, 2.75) is 38.8 Å². The van der Waals surface area contributed by atoms with Crippen molar-refractivity contribution in [3.05, 3.63) is 58.0 Å². The Morgan fingerprint density at radius 1 is 1.20 bits per heavy atom. The second kappa shape index (κ2) is 7.29. The van der Waals surface area contributed by atoms with E-state index in [2.05, 4.69) is 15.7 Å². The third-order valence-corrected chi connectivity index (χ3v) is 3.83. The first-order valence-electron chi connectivity index (χ1n) is 8.37. The van der Waals surface area contributed by atoms with Crippen LogP contribution >= 0.6 is 0 Å². The molecular formula is C18H20N4O3. The summed E-state index contributed by atoms with van der Waals surface area (Å²) in [5.41, 5.74) is 0.912. The Bertz CT molecular complexity index is 855. The molecular weight excluding hydrogens is 320 g/mol. The van der Waals surface area contributed by atoms with Gasteiger partial charge in [0.05, 0.1) is 0 Å². The van der Waals surface area contributed by atoms with Crippen molar-refractivity contribution in [3.63, 3.8) is 0 Å². The molecule has 2 aromatic rings. The summed E-state index contributed by atoms with van der Waals surface area (Å²) in [6.07, 6.45) is 2.78. The van der Waals surface area contributed by atoms with Gasteiger partial charge in [0, 0.05) is 29.9 Å². The minimum Gasteiger partial charge on any atom is -0.349 e. The van der Waals surface area contributed by atoms with Gasteiger partial charge in [-0.15, -0.1) is 0 Å². The van der Waals surface area contributed by atoms with Crippen molar-refractivity contribution in [2.75, 3.05) is 5.32 Å². The summed E-state index contributed by atoms with van der Waals surface area (Å²) < 4.78 is 1.27. The van der Waals surface area contributed by atoms with Crippen molar-refractivity contribution in [3.8, 4) is 0 Å². The molecule has 0 radical (unpaired) electrons. The van der Waals surface area contributed by atoms with Crippen LogP contribution in [0, 0.1) is 0 Å². The van der Waals surface area contributed by atoms with Gasteiger partial charge in [-0.2, -0.15) is 5.10 Å². The number of aromatic nitrogens is 2. The number of hydrogen-bond donors (Lipinski definition) is 2. The zero-order valence-electron chi connectivity index (χ0n) is 14.0. The van der Waals surface area contributed by atoms with Gasteiger partial charge in [-0.05, 0) is 43.5 Å². The predicted molar refractivity (Wildman–Crippen MR) is 93.7 cm³/mol. The molecule has 130 valence electrons. The van der Waals surface area contributed by atoms with Crippen LogP contribution in [0.1, 0.15) is 47.0 Å². The Balaban J connectivity index is 1.73. The van der Waals surface area contributed by atoms with Crippen molar-refractivity contribution < 1.29 is 9.59 Å². The van der Waals surface area contributed by atoms with Crippen molar-refractivity contribution in [2.24, 2.45) is 0 Å². The van der Waals surface area contributed by atoms with Gasteiger partial charge in [-0.3, -0.25) is 14.4 Å². The largest absolute Gasteiger partial charge is 0.349 e. The van der Waals surface area contributed by atoms with Crippen LogP contribution in [0.25, 0.3) is 0 Å². The number of carbonyl (C=O) groups is 2. The van der Waals surface area contributed by atoms with E-state index in [0.717, 1.165) is 19.3 Å². The van der Waals surface area contributed by atoms with E-state index in [1.807, 2.05) is 6.92 Å². The van der Waals surface area contributed by atoms with Crippen molar-refractivity contribution >= 4 is 17.5 Å². The molecule has 3 rings (SSSR count). The van der Waals surface area contributed by atoms with Gasteiger partial charge < -0.3 is 10.6 Å². The first-order valence-corrected chi connectivity index (χ1v) is 8.37. The van der Waals surface area contributed by atoms with E-state index < -0.39 is 5.91 Å². The van der Waals surface area contributed by atoms with Crippen LogP contribution in [-0.2, 0) is 6.54 Å². The summed E-state index contributed by atoms with van der Waals surface area (Å²) in [6.45, 7) is 2.38. The average Bonchev–Trinajstić information content (AvgIpc) is 3.41. The van der Waals surface area contributed by atoms with E-state index in [1.54, 1.807) is 24.3 Å². The Kier molecular flexibility index (Phi) is 4.92. The molecule has 1 aliphatic rings. The zero-order chi connectivity index (χ0) is 17.8. The maximum absolute atomic E-state index is 12.4. The highest BCUT2D eigenvalue weighted by Crippen LogP contribution is 2.20. The van der Waals surface area contributed by atoms with Gasteiger partial charge in [0.15, 0.2) is 0 Å². The van der Waals surface area contributed by atoms with Gasteiger partial charge in [0.2, 0.25) is 0 Å². The van der Waals surface area contributed by atoms with Crippen LogP contribution in [0.4, 0.5) is 5.69 Å². The molecule has 0 aliphatic heterocycles. The minimum absolute atomic E-state index is 0.145. The number of anilines is 1. The smallest absolute Gasteiger partial charge is 0.276 e. The summed E-state index contributed by atoms with van der Waals surface area (Å²) >= 11 is 0. The molecule has 1 fully saturated rings. The fourth-order valence-electron chi connectivity index (χ4n) is 2.37. The normalized spacial score (nSPS) is 13.3. The molecule has 0 saturated heterocycles. The fraction of sp³-hybridized carbons (Fsp3) is 0.333. The van der Waals surface area contributed by atoms with Crippen LogP contribution in [0.2, 0.25) is 0 Å². The summed E-state index contributed by atoms with van der Waals surface area (Å²) in [4.78, 5) is 36.1. The average molecular weight is 340 g/mol. The lowest BCUT2D eigenvalue weighted by Crippen LogP contribution is -2.26. The molecule has 1 aromatic carbocycles. The topological polar surface area (TPSA) is 93.1 Å². The number of nitrogens with one attached hydrogen (secondary N) is 2. The number of amides is 2. The van der Waals surface area contributed by atoms with E-state index in [9.17, 15) is 14.4 Å². The highest BCUT2D eigenvalue weighted by atomic mass is 16.2. The van der Waals surface area contributed by atoms with Crippen molar-refractivity contribution in [1.82, 2.24) is 15.1 Å². The number of nitrogens with zero attached hydrogens (tertiary/aromatic N) is 2. The lowest BCUT2D eigenvalue weighted by Gasteiger charge is -2.09. The molecule has 25 heavy (non-hydrogen) atoms. The van der Waals surface area contributed by atoms with Gasteiger partial charge in [0.25, 0.3) is 17.4 Å². The first-order chi connectivity index (χ1) is 12.1. The molecule has 2 amide bonds. The van der Waals surface area contributed by atoms with E-state index in [0.29, 0.717) is 17.8 Å². The van der Waals surface area contributed by atoms with E-state index in [4.69, 9.17) is 0 Å². The number of aryl methyl sites for hydroxylation is 1. The molecule has 0 bridgehead atoms. The maximum Gasteiger partial charge on any atom is 0.276 e. The van der Waals surface area contributed by atoms with E-state index >= 15 is 0 Å². The highest BCUT2D eigenvalue weighted by molar-refractivity contribution is 6.03. The quantitative estimate of drug-likeness (QED) is 0.838. The van der Waals surface area contributed by atoms with Crippen LogP contribution in [0.15, 0.2) is 41.2 Å². The maximum atomic E-state index is 12.4. The molecule has 0 unspecified atom stereocenters. The zero-order valence-corrected chi connectivity index (χ0v) is 14.0. The van der Waals surface area contributed by atoms with E-state index in [1.165, 1.54) is 16.8 Å². The van der Waals surface area contributed by atoms with Gasteiger partial charge in [0.1, 0.15) is 5.69 Å². The lowest BCUT2D eigenvalue weighted by atomic mass is 10.2. The van der Waals surface area contributed by atoms with Gasteiger partial charge in [-0.1, -0.05) is 13.0 Å². The highest BCUT2D eigenvalue weighted by Gasteiger charge is 2.23. The second-order valence-corrected chi connectivity index (χ2v) is 6.06. The number of rotatable bonds is 6. The number of carbonyl (C=O) groups excluding carboxylic acids is 2. The lowest BCUT2D eigenvalue weighted by molar-refractivity contribution is 0.0949. The molecule has 1 aliphatic carbocycles. The molecule has 0 spiro atoms. The Hall–Kier alpha value is -2.96. The predicted octanol–water partition coefficient (Wildman–Crippen LogP) is 1.80. The Labute approximate surface area is 145 Å². The minimum atomic E-state index is -0.426. The standard InChI is InChI=1S/C18H20N4O3/c1-2-10-22-16(23)9-8-15(21-22)18(25)20-14-5-3-4-12(11-14)17(24)19-13-6-7-13/h3-5,8-9,11,13H,2,6-7,10H2,1H3,(H,19,24)(H,20,25). The summed E-state index contributed by atoms with van der Waals surface area (Å²) in [5.74, 6) is -0.571. The van der Waals surface area contributed by atoms with E-state index in [-0.39, 0.29) is 23.2 Å². The molecule has 1 saturated carbocycles. The van der Waals surface area contributed by atoms with Crippen LogP contribution in [0.5, 0.6) is 0 Å². The third-order valence-electron chi connectivity index (χ3n) is 3.83. The summed E-state index contributed by atoms with van der Waals surface area (Å²) in [6, 6.07) is 9.74. The summed E-state index contributed by atoms with van der Waals surface area (Å²) in [7, 11) is 0. The molecule has 2 N–H and O–H groups in total. The molecule has 0 atom stereocenters. The Morgan fingerprint density at radius 2 is 2.00 bits per heavy atom. The van der Waals surface area contributed by atoms with Crippen molar-refractivity contribution in [1.29, 1.82) is 0 Å². The Morgan fingerprint density at radius 3 is 2.72 bits per heavy atom. The fourth-order valence-corrected chi connectivity index (χ4v) is 2.37. The van der Waals surface area contributed by atoms with Gasteiger partial charge in [-0.25, -0.2) is 4.68 Å². The number of hydrogen-bond acceptors (Lipinski definition) is 4. The molecule has 1 aromatic heterocycles. The monoisotopic (exact) mass is 340 g/mol. The van der Waals surface area contributed by atoms with Crippen LogP contribution < -0.4 is 16.2 Å². The van der Waals surface area contributed by atoms with Crippen LogP contribution in [-0.4, -0.2) is 27.6 Å². The molecule has 7 heteroatoms.